The van der Waals surface area contributed by atoms with Crippen LogP contribution in [0.4, 0.5) is 0 Å². The van der Waals surface area contributed by atoms with Crippen molar-refractivity contribution >= 4 is 17.6 Å². The van der Waals surface area contributed by atoms with Gasteiger partial charge in [0.2, 0.25) is 0 Å². The highest BCUT2D eigenvalue weighted by Gasteiger charge is 2.06. The summed E-state index contributed by atoms with van der Waals surface area (Å²) in [6.07, 6.45) is 3.34. The molecule has 0 aliphatic carbocycles. The van der Waals surface area contributed by atoms with E-state index in [1.807, 2.05) is 24.3 Å². The summed E-state index contributed by atoms with van der Waals surface area (Å²) >= 11 is 5.92. The zero-order valence-electron chi connectivity index (χ0n) is 13.9. The first-order valence-electron chi connectivity index (χ1n) is 7.90. The maximum absolute atomic E-state index is 5.92. The minimum absolute atomic E-state index is 0.767. The number of aliphatic imine (C=N–C) groups is 1. The molecule has 4 nitrogen and oxygen atoms in total. The molecule has 124 valence electrons. The van der Waals surface area contributed by atoms with Crippen LogP contribution >= 0.6 is 11.6 Å². The molecule has 0 amide bonds. The fraction of sp³-hybridized carbons (Fsp3) is 0.588. The van der Waals surface area contributed by atoms with Gasteiger partial charge in [-0.2, -0.15) is 0 Å². The minimum atomic E-state index is 0.767. The number of ether oxygens (including phenoxy) is 1. The molecular formula is C17H28ClN3O. The van der Waals surface area contributed by atoms with E-state index in [0.29, 0.717) is 0 Å². The summed E-state index contributed by atoms with van der Waals surface area (Å²) in [5, 5.41) is 4.11. The minimum Gasteiger partial charge on any atom is -0.385 e. The first kappa shape index (κ1) is 18.8. The Morgan fingerprint density at radius 3 is 2.59 bits per heavy atom. The van der Waals surface area contributed by atoms with Crippen LogP contribution < -0.4 is 5.32 Å². The van der Waals surface area contributed by atoms with E-state index in [9.17, 15) is 0 Å². The molecule has 0 spiro atoms. The van der Waals surface area contributed by atoms with E-state index in [4.69, 9.17) is 16.3 Å². The molecule has 0 radical (unpaired) electrons. The van der Waals surface area contributed by atoms with Gasteiger partial charge in [0.1, 0.15) is 0 Å². The number of rotatable bonds is 9. The van der Waals surface area contributed by atoms with Crippen molar-refractivity contribution < 1.29 is 4.74 Å². The Hall–Kier alpha value is -1.26. The summed E-state index contributed by atoms with van der Waals surface area (Å²) in [5.74, 6) is 0.948. The van der Waals surface area contributed by atoms with Crippen molar-refractivity contribution in [1.82, 2.24) is 10.2 Å². The molecule has 1 aromatic rings. The lowest BCUT2D eigenvalue weighted by Gasteiger charge is -2.22. The number of guanidine groups is 1. The van der Waals surface area contributed by atoms with Gasteiger partial charge in [-0.15, -0.1) is 0 Å². The van der Waals surface area contributed by atoms with Gasteiger partial charge < -0.3 is 15.0 Å². The normalized spacial score (nSPS) is 11.5. The molecule has 0 aliphatic rings. The van der Waals surface area contributed by atoms with Crippen molar-refractivity contribution in [3.8, 4) is 0 Å². The molecule has 0 saturated heterocycles. The number of benzene rings is 1. The van der Waals surface area contributed by atoms with Gasteiger partial charge >= 0.3 is 0 Å². The number of hydrogen-bond acceptors (Lipinski definition) is 2. The van der Waals surface area contributed by atoms with Gasteiger partial charge in [-0.1, -0.05) is 23.7 Å². The van der Waals surface area contributed by atoms with Gasteiger partial charge in [-0.05, 0) is 43.9 Å². The Balaban J connectivity index is 2.47. The summed E-state index contributed by atoms with van der Waals surface area (Å²) in [7, 11) is 3.80. The van der Waals surface area contributed by atoms with Crippen molar-refractivity contribution in [2.24, 2.45) is 4.99 Å². The van der Waals surface area contributed by atoms with Crippen LogP contribution in [0.3, 0.4) is 0 Å². The molecule has 0 saturated carbocycles. The Kier molecular flexibility index (Phi) is 9.67. The fourth-order valence-electron chi connectivity index (χ4n) is 2.13. The molecule has 0 unspecified atom stereocenters. The molecular weight excluding hydrogens is 298 g/mol. The largest absolute Gasteiger partial charge is 0.385 e. The zero-order valence-corrected chi connectivity index (χ0v) is 14.7. The Morgan fingerprint density at radius 2 is 1.95 bits per heavy atom. The number of unbranched alkanes of at least 4 members (excludes halogenated alkanes) is 2. The van der Waals surface area contributed by atoms with Crippen LogP contribution in [0.5, 0.6) is 0 Å². The summed E-state index contributed by atoms with van der Waals surface area (Å²) in [6.45, 7) is 5.45. The highest BCUT2D eigenvalue weighted by molar-refractivity contribution is 6.30. The Bertz CT molecular complexity index is 434. The van der Waals surface area contributed by atoms with E-state index >= 15 is 0 Å². The lowest BCUT2D eigenvalue weighted by atomic mass is 10.2. The Morgan fingerprint density at radius 1 is 1.23 bits per heavy atom. The predicted molar refractivity (Wildman–Crippen MR) is 94.6 cm³/mol. The van der Waals surface area contributed by atoms with Crippen molar-refractivity contribution in [3.05, 3.63) is 34.9 Å². The topological polar surface area (TPSA) is 36.9 Å². The zero-order chi connectivity index (χ0) is 16.2. The number of nitrogens with zero attached hydrogens (tertiary/aromatic N) is 2. The molecule has 0 aliphatic heterocycles. The average molecular weight is 326 g/mol. The highest BCUT2D eigenvalue weighted by atomic mass is 35.5. The molecule has 0 atom stereocenters. The fourth-order valence-corrected chi connectivity index (χ4v) is 2.25. The predicted octanol–water partition coefficient (Wildman–Crippen LogP) is 3.55. The van der Waals surface area contributed by atoms with Crippen molar-refractivity contribution in [3.63, 3.8) is 0 Å². The molecule has 1 N–H and O–H groups in total. The smallest absolute Gasteiger partial charge is 0.193 e. The lowest BCUT2D eigenvalue weighted by Crippen LogP contribution is -2.38. The molecule has 5 heteroatoms. The third kappa shape index (κ3) is 7.66. The number of nitrogens with one attached hydrogen (secondary N) is 1. The molecule has 0 bridgehead atoms. The van der Waals surface area contributed by atoms with Crippen molar-refractivity contribution in [2.45, 2.75) is 32.7 Å². The SMILES string of the molecule is CCNC(=NCCCCCOC)N(C)Cc1ccc(Cl)cc1. The van der Waals surface area contributed by atoms with Crippen LogP contribution in [0.1, 0.15) is 31.7 Å². The molecule has 0 fully saturated rings. The second kappa shape index (κ2) is 11.3. The standard InChI is InChI=1S/C17H28ClN3O/c1-4-19-17(20-12-6-5-7-13-22-3)21(2)14-15-8-10-16(18)11-9-15/h8-11H,4-7,12-14H2,1-3H3,(H,19,20). The van der Waals surface area contributed by atoms with Gasteiger partial charge in [-0.25, -0.2) is 0 Å². The van der Waals surface area contributed by atoms with Gasteiger partial charge in [0.25, 0.3) is 0 Å². The van der Waals surface area contributed by atoms with Crippen LogP contribution in [0.25, 0.3) is 0 Å². The van der Waals surface area contributed by atoms with E-state index in [-0.39, 0.29) is 0 Å². The van der Waals surface area contributed by atoms with E-state index < -0.39 is 0 Å². The van der Waals surface area contributed by atoms with Crippen LogP contribution in [-0.2, 0) is 11.3 Å². The summed E-state index contributed by atoms with van der Waals surface area (Å²) in [4.78, 5) is 6.83. The Labute approximate surface area is 139 Å². The first-order chi connectivity index (χ1) is 10.7. The van der Waals surface area contributed by atoms with Gasteiger partial charge in [0.05, 0.1) is 0 Å². The number of methoxy groups -OCH3 is 1. The molecule has 1 aromatic carbocycles. The third-order valence-electron chi connectivity index (χ3n) is 3.30. The highest BCUT2D eigenvalue weighted by Crippen LogP contribution is 2.11. The monoisotopic (exact) mass is 325 g/mol. The molecule has 1 rings (SSSR count). The summed E-state index contributed by atoms with van der Waals surface area (Å²) < 4.78 is 5.06. The van der Waals surface area contributed by atoms with Gasteiger partial charge in [0.15, 0.2) is 5.96 Å². The van der Waals surface area contributed by atoms with Crippen molar-refractivity contribution in [1.29, 1.82) is 0 Å². The lowest BCUT2D eigenvalue weighted by molar-refractivity contribution is 0.192. The van der Waals surface area contributed by atoms with Gasteiger partial charge in [-0.3, -0.25) is 4.99 Å². The second-order valence-electron chi connectivity index (χ2n) is 5.27. The summed E-state index contributed by atoms with van der Waals surface area (Å²) in [5.41, 5.74) is 1.22. The van der Waals surface area contributed by atoms with Crippen LogP contribution in [0.2, 0.25) is 5.02 Å². The maximum Gasteiger partial charge on any atom is 0.193 e. The van der Waals surface area contributed by atoms with E-state index in [0.717, 1.165) is 56.5 Å². The van der Waals surface area contributed by atoms with Crippen LogP contribution in [-0.4, -0.2) is 44.7 Å². The first-order valence-corrected chi connectivity index (χ1v) is 8.28. The van der Waals surface area contributed by atoms with Crippen molar-refractivity contribution in [2.75, 3.05) is 33.9 Å². The van der Waals surface area contributed by atoms with E-state index in [1.165, 1.54) is 5.56 Å². The van der Waals surface area contributed by atoms with E-state index in [1.54, 1.807) is 7.11 Å². The van der Waals surface area contributed by atoms with Gasteiger partial charge in [0, 0.05) is 45.4 Å². The van der Waals surface area contributed by atoms with Crippen LogP contribution in [0.15, 0.2) is 29.3 Å². The molecule has 0 heterocycles. The molecule has 0 aromatic heterocycles. The second-order valence-corrected chi connectivity index (χ2v) is 5.71. The number of hydrogen-bond donors (Lipinski definition) is 1. The average Bonchev–Trinajstić information content (AvgIpc) is 2.51. The third-order valence-corrected chi connectivity index (χ3v) is 3.55. The summed E-state index contributed by atoms with van der Waals surface area (Å²) in [6, 6.07) is 7.94. The molecule has 22 heavy (non-hydrogen) atoms. The van der Waals surface area contributed by atoms with Crippen LogP contribution in [0, 0.1) is 0 Å². The van der Waals surface area contributed by atoms with E-state index in [2.05, 4.69) is 29.2 Å². The maximum atomic E-state index is 5.92. The number of halogens is 1. The quantitative estimate of drug-likeness (QED) is 0.428.